The van der Waals surface area contributed by atoms with Crippen molar-refractivity contribution in [1.29, 1.82) is 0 Å². The highest BCUT2D eigenvalue weighted by molar-refractivity contribution is 6.00. The molecule has 7 nitrogen and oxygen atoms in total. The number of pyridine rings is 1. The second-order valence-corrected chi connectivity index (χ2v) is 8.85. The number of hydrogen-bond donors (Lipinski definition) is 0. The summed E-state index contributed by atoms with van der Waals surface area (Å²) in [5.74, 6) is 2.34. The van der Waals surface area contributed by atoms with Gasteiger partial charge in [0, 0.05) is 48.8 Å². The van der Waals surface area contributed by atoms with Crippen LogP contribution in [-0.4, -0.2) is 62.8 Å². The number of ether oxygens (including phenoxy) is 3. The number of rotatable bonds is 7. The van der Waals surface area contributed by atoms with Crippen molar-refractivity contribution in [3.05, 3.63) is 78.4 Å². The Kier molecular flexibility index (Phi) is 7.12. The van der Waals surface area contributed by atoms with Crippen LogP contribution in [0.3, 0.4) is 0 Å². The maximum Gasteiger partial charge on any atom is 0.254 e. The van der Waals surface area contributed by atoms with Gasteiger partial charge in [-0.05, 0) is 49.4 Å². The number of anilines is 1. The molecular formula is C30H31N3O4. The molecule has 1 aromatic heterocycles. The van der Waals surface area contributed by atoms with E-state index in [0.717, 1.165) is 52.4 Å². The lowest BCUT2D eigenvalue weighted by molar-refractivity contribution is 0.0747. The zero-order chi connectivity index (χ0) is 25.8. The number of para-hydroxylation sites is 2. The Morgan fingerprint density at radius 2 is 1.68 bits per heavy atom. The highest BCUT2D eigenvalue weighted by Crippen LogP contribution is 2.33. The quantitative estimate of drug-likeness (QED) is 0.346. The summed E-state index contributed by atoms with van der Waals surface area (Å²) >= 11 is 0. The molecule has 190 valence electrons. The van der Waals surface area contributed by atoms with E-state index in [9.17, 15) is 4.79 Å². The van der Waals surface area contributed by atoms with Crippen molar-refractivity contribution in [2.75, 3.05) is 51.9 Å². The minimum atomic E-state index is 0.0147. The van der Waals surface area contributed by atoms with Crippen molar-refractivity contribution in [3.63, 3.8) is 0 Å². The Morgan fingerprint density at radius 3 is 2.43 bits per heavy atom. The van der Waals surface area contributed by atoms with Crippen molar-refractivity contribution in [2.45, 2.75) is 6.92 Å². The molecule has 0 saturated carbocycles. The molecule has 0 atom stereocenters. The fraction of sp³-hybridized carbons (Fsp3) is 0.267. The molecular weight excluding hydrogens is 466 g/mol. The SMILES string of the molecule is CCOc1cc(-c2cccc(OC)c2)nc2ccc(C(=O)N3CCN(c4ccccc4OC)CC3)cc12. The molecule has 5 rings (SSSR count). The zero-order valence-corrected chi connectivity index (χ0v) is 21.4. The van der Waals surface area contributed by atoms with E-state index in [1.807, 2.05) is 78.6 Å². The third-order valence-corrected chi connectivity index (χ3v) is 6.68. The highest BCUT2D eigenvalue weighted by Gasteiger charge is 2.24. The fourth-order valence-electron chi connectivity index (χ4n) is 4.76. The first-order valence-corrected chi connectivity index (χ1v) is 12.5. The molecule has 1 saturated heterocycles. The van der Waals surface area contributed by atoms with Crippen molar-refractivity contribution < 1.29 is 19.0 Å². The second-order valence-electron chi connectivity index (χ2n) is 8.85. The number of aromatic nitrogens is 1. The summed E-state index contributed by atoms with van der Waals surface area (Å²) in [5, 5.41) is 0.826. The van der Waals surface area contributed by atoms with E-state index in [-0.39, 0.29) is 5.91 Å². The van der Waals surface area contributed by atoms with E-state index in [0.29, 0.717) is 31.0 Å². The molecule has 4 aromatic rings. The molecule has 7 heteroatoms. The average molecular weight is 498 g/mol. The van der Waals surface area contributed by atoms with Crippen LogP contribution < -0.4 is 19.1 Å². The van der Waals surface area contributed by atoms with Gasteiger partial charge in [-0.2, -0.15) is 0 Å². The Morgan fingerprint density at radius 1 is 0.865 bits per heavy atom. The molecule has 0 bridgehead atoms. The van der Waals surface area contributed by atoms with Gasteiger partial charge in [0.15, 0.2) is 0 Å². The van der Waals surface area contributed by atoms with Crippen molar-refractivity contribution in [2.24, 2.45) is 0 Å². The molecule has 0 unspecified atom stereocenters. The molecule has 0 N–H and O–H groups in total. The number of carbonyl (C=O) groups is 1. The maximum atomic E-state index is 13.4. The van der Waals surface area contributed by atoms with Gasteiger partial charge in [0.2, 0.25) is 0 Å². The maximum absolute atomic E-state index is 13.4. The van der Waals surface area contributed by atoms with Gasteiger partial charge in [-0.15, -0.1) is 0 Å². The molecule has 37 heavy (non-hydrogen) atoms. The zero-order valence-electron chi connectivity index (χ0n) is 21.4. The van der Waals surface area contributed by atoms with Gasteiger partial charge in [0.05, 0.1) is 37.7 Å². The van der Waals surface area contributed by atoms with Crippen LogP contribution in [0.5, 0.6) is 17.2 Å². The summed E-state index contributed by atoms with van der Waals surface area (Å²) in [5.41, 5.74) is 4.20. The fourth-order valence-corrected chi connectivity index (χ4v) is 4.76. The van der Waals surface area contributed by atoms with Gasteiger partial charge in [-0.1, -0.05) is 24.3 Å². The van der Waals surface area contributed by atoms with Crippen molar-refractivity contribution in [3.8, 4) is 28.5 Å². The summed E-state index contributed by atoms with van der Waals surface area (Å²) in [4.78, 5) is 22.5. The molecule has 1 aliphatic heterocycles. The van der Waals surface area contributed by atoms with Crippen molar-refractivity contribution in [1.82, 2.24) is 9.88 Å². The minimum Gasteiger partial charge on any atom is -0.497 e. The predicted octanol–water partition coefficient (Wildman–Crippen LogP) is 5.28. The summed E-state index contributed by atoms with van der Waals surface area (Å²) in [6.07, 6.45) is 0. The number of benzene rings is 3. The Bertz CT molecular complexity index is 1410. The third kappa shape index (κ3) is 5.03. The minimum absolute atomic E-state index is 0.0147. The van der Waals surface area contributed by atoms with Gasteiger partial charge >= 0.3 is 0 Å². The number of nitrogens with zero attached hydrogens (tertiary/aromatic N) is 3. The monoisotopic (exact) mass is 497 g/mol. The van der Waals surface area contributed by atoms with Crippen molar-refractivity contribution >= 4 is 22.5 Å². The van der Waals surface area contributed by atoms with Crippen LogP contribution in [0.2, 0.25) is 0 Å². The van der Waals surface area contributed by atoms with Gasteiger partial charge in [-0.25, -0.2) is 4.98 Å². The smallest absolute Gasteiger partial charge is 0.254 e. The lowest BCUT2D eigenvalue weighted by Gasteiger charge is -2.36. The second kappa shape index (κ2) is 10.8. The summed E-state index contributed by atoms with van der Waals surface area (Å²) in [6, 6.07) is 23.4. The topological polar surface area (TPSA) is 64.1 Å². The molecule has 2 heterocycles. The first kappa shape index (κ1) is 24.4. The molecule has 0 spiro atoms. The van der Waals surface area contributed by atoms with Gasteiger partial charge in [0.25, 0.3) is 5.91 Å². The number of piperazine rings is 1. The van der Waals surface area contributed by atoms with Gasteiger partial charge < -0.3 is 24.0 Å². The standard InChI is InChI=1S/C30H31N3O4/c1-4-37-29-20-26(21-8-7-9-23(18-21)35-2)31-25-13-12-22(19-24(25)29)30(34)33-16-14-32(15-17-33)27-10-5-6-11-28(27)36-3/h5-13,18-20H,4,14-17H2,1-3H3. The molecule has 1 aliphatic rings. The highest BCUT2D eigenvalue weighted by atomic mass is 16.5. The number of fused-ring (bicyclic) bond motifs is 1. The van der Waals surface area contributed by atoms with E-state index in [2.05, 4.69) is 11.0 Å². The molecule has 1 fully saturated rings. The first-order valence-electron chi connectivity index (χ1n) is 12.5. The average Bonchev–Trinajstić information content (AvgIpc) is 2.96. The summed E-state index contributed by atoms with van der Waals surface area (Å²) in [6.45, 7) is 5.23. The first-order chi connectivity index (χ1) is 18.1. The van der Waals surface area contributed by atoms with Crippen LogP contribution in [0.4, 0.5) is 5.69 Å². The summed E-state index contributed by atoms with van der Waals surface area (Å²) < 4.78 is 16.9. The Labute approximate surface area is 217 Å². The van der Waals surface area contributed by atoms with Crippen LogP contribution >= 0.6 is 0 Å². The van der Waals surface area contributed by atoms with Crippen LogP contribution in [0, 0.1) is 0 Å². The number of amides is 1. The third-order valence-electron chi connectivity index (χ3n) is 6.68. The normalized spacial score (nSPS) is 13.5. The molecule has 3 aromatic carbocycles. The molecule has 0 aliphatic carbocycles. The van der Waals surface area contributed by atoms with Gasteiger partial charge in [-0.3, -0.25) is 4.79 Å². The Hall–Kier alpha value is -4.26. The van der Waals surface area contributed by atoms with Gasteiger partial charge in [0.1, 0.15) is 17.2 Å². The number of hydrogen-bond acceptors (Lipinski definition) is 6. The van der Waals surface area contributed by atoms with E-state index < -0.39 is 0 Å². The van der Waals surface area contributed by atoms with E-state index in [4.69, 9.17) is 19.2 Å². The predicted molar refractivity (Wildman–Crippen MR) is 146 cm³/mol. The van der Waals surface area contributed by atoms with E-state index >= 15 is 0 Å². The molecule has 0 radical (unpaired) electrons. The Balaban J connectivity index is 1.39. The van der Waals surface area contributed by atoms with Crippen LogP contribution in [0.25, 0.3) is 22.2 Å². The van der Waals surface area contributed by atoms with Crippen LogP contribution in [0.15, 0.2) is 72.8 Å². The van der Waals surface area contributed by atoms with E-state index in [1.54, 1.807) is 14.2 Å². The summed E-state index contributed by atoms with van der Waals surface area (Å²) in [7, 11) is 3.33. The number of carbonyl (C=O) groups excluding carboxylic acids is 1. The lowest BCUT2D eigenvalue weighted by atomic mass is 10.1. The lowest BCUT2D eigenvalue weighted by Crippen LogP contribution is -2.48. The van der Waals surface area contributed by atoms with Crippen LogP contribution in [0.1, 0.15) is 17.3 Å². The van der Waals surface area contributed by atoms with Crippen LogP contribution in [-0.2, 0) is 0 Å². The van der Waals surface area contributed by atoms with E-state index in [1.165, 1.54) is 0 Å². The number of methoxy groups -OCH3 is 2. The molecule has 1 amide bonds. The largest absolute Gasteiger partial charge is 0.497 e.